The van der Waals surface area contributed by atoms with E-state index in [0.29, 0.717) is 0 Å². The molecule has 0 saturated carbocycles. The molecular weight excluding hydrogens is 310 g/mol. The summed E-state index contributed by atoms with van der Waals surface area (Å²) in [5.41, 5.74) is 4.65. The molecule has 0 bridgehead atoms. The topological polar surface area (TPSA) is 45.2 Å². The fraction of sp³-hybridized carbons (Fsp3) is 0.350. The van der Waals surface area contributed by atoms with E-state index in [4.69, 9.17) is 4.98 Å². The van der Waals surface area contributed by atoms with Gasteiger partial charge in [0.15, 0.2) is 0 Å². The lowest BCUT2D eigenvalue weighted by Gasteiger charge is -2.36. The van der Waals surface area contributed by atoms with E-state index < -0.39 is 0 Å². The summed E-state index contributed by atoms with van der Waals surface area (Å²) in [6, 6.07) is 10.7. The maximum atomic E-state index is 4.95. The Kier molecular flexibility index (Phi) is 3.99. The maximum Gasteiger partial charge on any atom is 0.132 e. The first-order chi connectivity index (χ1) is 12.1. The molecule has 5 heteroatoms. The predicted molar refractivity (Wildman–Crippen MR) is 102 cm³/mol. The van der Waals surface area contributed by atoms with Crippen molar-refractivity contribution < 1.29 is 0 Å². The van der Waals surface area contributed by atoms with Crippen LogP contribution in [0.15, 0.2) is 36.7 Å². The molecule has 0 spiro atoms. The van der Waals surface area contributed by atoms with Crippen LogP contribution in [0, 0.1) is 20.8 Å². The van der Waals surface area contributed by atoms with E-state index in [0.717, 1.165) is 49.0 Å². The Balaban J connectivity index is 1.56. The largest absolute Gasteiger partial charge is 0.353 e. The van der Waals surface area contributed by atoms with Crippen LogP contribution in [0.3, 0.4) is 0 Å². The Morgan fingerprint density at radius 1 is 0.800 bits per heavy atom. The van der Waals surface area contributed by atoms with E-state index in [1.807, 2.05) is 6.92 Å². The number of aromatic nitrogens is 3. The third-order valence-corrected chi connectivity index (χ3v) is 4.95. The van der Waals surface area contributed by atoms with Crippen molar-refractivity contribution >= 4 is 22.5 Å². The number of hydrogen-bond acceptors (Lipinski definition) is 5. The zero-order valence-corrected chi connectivity index (χ0v) is 15.0. The van der Waals surface area contributed by atoms with Gasteiger partial charge in [-0.3, -0.25) is 0 Å². The minimum atomic E-state index is 0.947. The zero-order chi connectivity index (χ0) is 17.4. The maximum absolute atomic E-state index is 4.95. The average molecular weight is 333 g/mol. The van der Waals surface area contributed by atoms with Crippen LogP contribution in [0.1, 0.15) is 16.8 Å². The Labute approximate surface area is 148 Å². The Morgan fingerprint density at radius 3 is 2.24 bits per heavy atom. The molecule has 3 aromatic rings. The third-order valence-electron chi connectivity index (χ3n) is 4.95. The van der Waals surface area contributed by atoms with Gasteiger partial charge in [-0.15, -0.1) is 0 Å². The summed E-state index contributed by atoms with van der Waals surface area (Å²) in [7, 11) is 0. The fourth-order valence-electron chi connectivity index (χ4n) is 3.48. The lowest BCUT2D eigenvalue weighted by atomic mass is 10.1. The van der Waals surface area contributed by atoms with Crippen LogP contribution in [0.25, 0.3) is 10.9 Å². The van der Waals surface area contributed by atoms with Crippen LogP contribution in [0.2, 0.25) is 0 Å². The number of hydrogen-bond donors (Lipinski definition) is 0. The number of benzene rings is 1. The van der Waals surface area contributed by atoms with Crippen molar-refractivity contribution in [3.05, 3.63) is 53.5 Å². The van der Waals surface area contributed by atoms with E-state index in [9.17, 15) is 0 Å². The number of nitrogens with zero attached hydrogens (tertiary/aromatic N) is 5. The lowest BCUT2D eigenvalue weighted by Crippen LogP contribution is -2.47. The van der Waals surface area contributed by atoms with Gasteiger partial charge in [0.2, 0.25) is 0 Å². The number of aryl methyl sites for hydroxylation is 3. The van der Waals surface area contributed by atoms with Crippen LogP contribution in [0.4, 0.5) is 11.6 Å². The van der Waals surface area contributed by atoms with Crippen LogP contribution < -0.4 is 9.80 Å². The molecule has 0 aliphatic carbocycles. The zero-order valence-electron chi connectivity index (χ0n) is 15.0. The highest BCUT2D eigenvalue weighted by Gasteiger charge is 2.20. The van der Waals surface area contributed by atoms with Gasteiger partial charge in [0, 0.05) is 43.3 Å². The molecule has 1 aromatic carbocycles. The number of pyridine rings is 1. The predicted octanol–water partition coefficient (Wildman–Crippen LogP) is 3.28. The van der Waals surface area contributed by atoms with Gasteiger partial charge in [-0.2, -0.15) is 0 Å². The highest BCUT2D eigenvalue weighted by Crippen LogP contribution is 2.26. The van der Waals surface area contributed by atoms with Gasteiger partial charge in [0.1, 0.15) is 18.0 Å². The normalized spacial score (nSPS) is 15.0. The second-order valence-electron chi connectivity index (χ2n) is 6.76. The fourth-order valence-corrected chi connectivity index (χ4v) is 3.48. The van der Waals surface area contributed by atoms with Crippen molar-refractivity contribution in [2.24, 2.45) is 0 Å². The third kappa shape index (κ3) is 3.02. The molecule has 5 nitrogen and oxygen atoms in total. The first-order valence-corrected chi connectivity index (χ1v) is 8.77. The van der Waals surface area contributed by atoms with E-state index in [1.54, 1.807) is 6.33 Å². The van der Waals surface area contributed by atoms with Crippen molar-refractivity contribution in [2.45, 2.75) is 20.8 Å². The molecule has 25 heavy (non-hydrogen) atoms. The second-order valence-corrected chi connectivity index (χ2v) is 6.76. The molecule has 0 radical (unpaired) electrons. The summed E-state index contributed by atoms with van der Waals surface area (Å²) in [6.07, 6.45) is 1.65. The molecule has 4 rings (SSSR count). The summed E-state index contributed by atoms with van der Waals surface area (Å²) in [5.74, 6) is 2.10. The first-order valence-electron chi connectivity index (χ1n) is 8.77. The van der Waals surface area contributed by atoms with E-state index in [1.165, 1.54) is 16.5 Å². The van der Waals surface area contributed by atoms with Crippen molar-refractivity contribution in [1.82, 2.24) is 15.0 Å². The lowest BCUT2D eigenvalue weighted by molar-refractivity contribution is 0.641. The van der Waals surface area contributed by atoms with E-state index >= 15 is 0 Å². The second kappa shape index (κ2) is 6.31. The van der Waals surface area contributed by atoms with Crippen LogP contribution in [-0.2, 0) is 0 Å². The van der Waals surface area contributed by atoms with Crippen LogP contribution in [0.5, 0.6) is 0 Å². The van der Waals surface area contributed by atoms with Crippen molar-refractivity contribution in [1.29, 1.82) is 0 Å². The number of fused-ring (bicyclic) bond motifs is 1. The molecule has 3 heterocycles. The summed E-state index contributed by atoms with van der Waals surface area (Å²) in [5, 5.41) is 1.25. The molecule has 1 saturated heterocycles. The highest BCUT2D eigenvalue weighted by molar-refractivity contribution is 5.86. The van der Waals surface area contributed by atoms with Gasteiger partial charge >= 0.3 is 0 Å². The van der Waals surface area contributed by atoms with Gasteiger partial charge in [-0.1, -0.05) is 18.2 Å². The number of rotatable bonds is 2. The summed E-state index contributed by atoms with van der Waals surface area (Å²) >= 11 is 0. The average Bonchev–Trinajstić information content (AvgIpc) is 2.63. The van der Waals surface area contributed by atoms with E-state index in [-0.39, 0.29) is 0 Å². The first kappa shape index (κ1) is 15.8. The Bertz CT molecular complexity index is 913. The van der Waals surface area contributed by atoms with Crippen molar-refractivity contribution in [2.75, 3.05) is 36.0 Å². The monoisotopic (exact) mass is 333 g/mol. The molecule has 1 fully saturated rings. The summed E-state index contributed by atoms with van der Waals surface area (Å²) in [6.45, 7) is 10.1. The summed E-state index contributed by atoms with van der Waals surface area (Å²) < 4.78 is 0. The molecule has 128 valence electrons. The number of para-hydroxylation sites is 1. The van der Waals surface area contributed by atoms with Crippen LogP contribution >= 0.6 is 0 Å². The standard InChI is InChI=1S/C20H23N5/c1-14-5-4-6-17-15(2)11-19(23-20(14)17)25-9-7-24(8-10-25)18-12-16(3)21-13-22-18/h4-6,11-13H,7-10H2,1-3H3. The van der Waals surface area contributed by atoms with Crippen molar-refractivity contribution in [3.8, 4) is 0 Å². The molecule has 0 amide bonds. The molecule has 1 aliphatic rings. The number of piperazine rings is 1. The number of anilines is 2. The van der Waals surface area contributed by atoms with Crippen molar-refractivity contribution in [3.63, 3.8) is 0 Å². The molecule has 1 aliphatic heterocycles. The minimum Gasteiger partial charge on any atom is -0.353 e. The van der Waals surface area contributed by atoms with Crippen LogP contribution in [-0.4, -0.2) is 41.1 Å². The summed E-state index contributed by atoms with van der Waals surface area (Å²) in [4.78, 5) is 18.2. The highest BCUT2D eigenvalue weighted by atomic mass is 15.3. The van der Waals surface area contributed by atoms with Gasteiger partial charge < -0.3 is 9.80 Å². The Morgan fingerprint density at radius 2 is 1.52 bits per heavy atom. The van der Waals surface area contributed by atoms with Gasteiger partial charge in [0.05, 0.1) is 5.52 Å². The van der Waals surface area contributed by atoms with Gasteiger partial charge in [-0.05, 0) is 38.0 Å². The van der Waals surface area contributed by atoms with Gasteiger partial charge in [-0.25, -0.2) is 15.0 Å². The minimum absolute atomic E-state index is 0.947. The molecule has 0 atom stereocenters. The quantitative estimate of drug-likeness (QED) is 0.720. The molecule has 0 N–H and O–H groups in total. The SMILES string of the molecule is Cc1cc(N2CCN(c3cc(C)c4cccc(C)c4n3)CC2)ncn1. The molecular formula is C20H23N5. The molecule has 0 unspecified atom stereocenters. The smallest absolute Gasteiger partial charge is 0.132 e. The molecule has 2 aromatic heterocycles. The van der Waals surface area contributed by atoms with E-state index in [2.05, 4.69) is 63.9 Å². The Hall–Kier alpha value is -2.69. The van der Waals surface area contributed by atoms with Gasteiger partial charge in [0.25, 0.3) is 0 Å².